The molecule has 0 spiro atoms. The zero-order valence-corrected chi connectivity index (χ0v) is 31.0. The largest absolute Gasteiger partial charge is 0.490 e. The average molecular weight is 689 g/mol. The fraction of sp³-hybridized carbons (Fsp3) is 0.250. The Balaban J connectivity index is 0.000000268. The first-order valence-electron chi connectivity index (χ1n) is 18.3. The van der Waals surface area contributed by atoms with Crippen molar-refractivity contribution in [1.82, 2.24) is 0 Å². The Morgan fingerprint density at radius 2 is 0.827 bits per heavy atom. The molecule has 0 heterocycles. The van der Waals surface area contributed by atoms with Gasteiger partial charge in [-0.2, -0.15) is 0 Å². The zero-order chi connectivity index (χ0) is 36.6. The lowest BCUT2D eigenvalue weighted by Crippen LogP contribution is -2.29. The predicted molar refractivity (Wildman–Crippen MR) is 212 cm³/mol. The van der Waals surface area contributed by atoms with E-state index in [1.165, 1.54) is 55.6 Å². The molecule has 0 aliphatic heterocycles. The highest BCUT2D eigenvalue weighted by molar-refractivity contribution is 5.86. The van der Waals surface area contributed by atoms with Crippen LogP contribution in [0.4, 0.5) is 0 Å². The monoisotopic (exact) mass is 688 g/mol. The van der Waals surface area contributed by atoms with E-state index in [0.29, 0.717) is 0 Å². The second kappa shape index (κ2) is 14.5. The Morgan fingerprint density at radius 3 is 1.19 bits per heavy atom. The highest BCUT2D eigenvalue weighted by Crippen LogP contribution is 2.57. The standard InChI is InChI=1S/C35H38O4.C13H10/c1-21-15-27(16-22(2)33(21)38-19-25(5)36)35(28-17-23(3)34(24(4)18-28)39-20-26(6)37)31-13-9-7-11-29(31)30-12-8-10-14-32(30)35;1-3-7-12-10(5-1)9-11-6-2-4-8-13(11)12/h7-18,25-26,36-37H,19-20H2,1-6H3;1-8H,9H2. The molecule has 0 aromatic heterocycles. The number of fused-ring (bicyclic) bond motifs is 6. The predicted octanol–water partition coefficient (Wildman–Crippen LogP) is 10.1. The Hall–Kier alpha value is -5.16. The molecule has 2 unspecified atom stereocenters. The Bertz CT molecular complexity index is 2040. The van der Waals surface area contributed by atoms with E-state index in [9.17, 15) is 10.2 Å². The molecule has 0 amide bonds. The van der Waals surface area contributed by atoms with Gasteiger partial charge in [-0.1, -0.05) is 121 Å². The molecule has 8 rings (SSSR count). The van der Waals surface area contributed by atoms with Crippen LogP contribution in [0.3, 0.4) is 0 Å². The normalized spacial score (nSPS) is 14.2. The van der Waals surface area contributed by atoms with E-state index >= 15 is 0 Å². The van der Waals surface area contributed by atoms with Crippen LogP contribution in [-0.4, -0.2) is 35.6 Å². The number of benzene rings is 6. The highest BCUT2D eigenvalue weighted by atomic mass is 16.5. The van der Waals surface area contributed by atoms with E-state index in [2.05, 4.69) is 149 Å². The molecule has 264 valence electrons. The van der Waals surface area contributed by atoms with Crippen LogP contribution < -0.4 is 9.47 Å². The van der Waals surface area contributed by atoms with Crippen LogP contribution in [-0.2, 0) is 11.8 Å². The molecular weight excluding hydrogens is 641 g/mol. The van der Waals surface area contributed by atoms with Gasteiger partial charge < -0.3 is 19.7 Å². The molecule has 2 aliphatic carbocycles. The van der Waals surface area contributed by atoms with Gasteiger partial charge in [0.15, 0.2) is 0 Å². The number of aryl methyl sites for hydroxylation is 4. The lowest BCUT2D eigenvalue weighted by atomic mass is 9.66. The number of hydrogen-bond acceptors (Lipinski definition) is 4. The molecule has 4 nitrogen and oxygen atoms in total. The van der Waals surface area contributed by atoms with Gasteiger partial charge in [-0.05, 0) is 126 Å². The van der Waals surface area contributed by atoms with E-state index in [1.54, 1.807) is 13.8 Å². The smallest absolute Gasteiger partial charge is 0.125 e. The summed E-state index contributed by atoms with van der Waals surface area (Å²) < 4.78 is 12.1. The van der Waals surface area contributed by atoms with Crippen LogP contribution >= 0.6 is 0 Å². The second-order valence-electron chi connectivity index (χ2n) is 14.5. The highest BCUT2D eigenvalue weighted by Gasteiger charge is 2.46. The maximum Gasteiger partial charge on any atom is 0.125 e. The van der Waals surface area contributed by atoms with Gasteiger partial charge in [0.1, 0.15) is 24.7 Å². The summed E-state index contributed by atoms with van der Waals surface area (Å²) in [5.41, 5.74) is 16.7. The van der Waals surface area contributed by atoms with Crippen molar-refractivity contribution in [2.24, 2.45) is 0 Å². The van der Waals surface area contributed by atoms with E-state index in [4.69, 9.17) is 9.47 Å². The van der Waals surface area contributed by atoms with Crippen molar-refractivity contribution in [1.29, 1.82) is 0 Å². The van der Waals surface area contributed by atoms with E-state index in [-0.39, 0.29) is 13.2 Å². The molecular formula is C48H48O4. The summed E-state index contributed by atoms with van der Waals surface area (Å²) in [6.07, 6.45) is 0.0274. The SMILES string of the molecule is Cc1cc(C2(c3cc(C)c(OCC(C)O)c(C)c3)c3ccccc3-c3ccccc32)cc(C)c1OCC(C)O.c1ccc2c(c1)Cc1ccccc1-2. The zero-order valence-electron chi connectivity index (χ0n) is 31.0. The van der Waals surface area contributed by atoms with Gasteiger partial charge >= 0.3 is 0 Å². The third-order valence-electron chi connectivity index (χ3n) is 10.4. The Morgan fingerprint density at radius 1 is 0.500 bits per heavy atom. The van der Waals surface area contributed by atoms with Crippen molar-refractivity contribution in [2.45, 2.75) is 65.6 Å². The molecule has 0 saturated heterocycles. The Kier molecular flexibility index (Phi) is 9.80. The Labute approximate surface area is 308 Å². The maximum absolute atomic E-state index is 9.82. The number of hydrogen-bond donors (Lipinski definition) is 2. The number of ether oxygens (including phenoxy) is 2. The molecule has 0 bridgehead atoms. The fourth-order valence-electron chi connectivity index (χ4n) is 8.30. The molecule has 2 N–H and O–H groups in total. The van der Waals surface area contributed by atoms with Gasteiger partial charge in [0, 0.05) is 0 Å². The summed E-state index contributed by atoms with van der Waals surface area (Å²) in [5, 5.41) is 19.6. The van der Waals surface area contributed by atoms with Gasteiger partial charge in [-0.15, -0.1) is 0 Å². The third kappa shape index (κ3) is 6.31. The first kappa shape index (κ1) is 35.3. The maximum atomic E-state index is 9.82. The molecule has 2 aliphatic rings. The first-order valence-corrected chi connectivity index (χ1v) is 18.3. The van der Waals surface area contributed by atoms with Crippen molar-refractivity contribution in [3.05, 3.63) is 177 Å². The molecule has 2 atom stereocenters. The van der Waals surface area contributed by atoms with E-state index in [1.807, 2.05) is 0 Å². The van der Waals surface area contributed by atoms with Crippen molar-refractivity contribution in [2.75, 3.05) is 13.2 Å². The molecule has 4 heteroatoms. The summed E-state index contributed by atoms with van der Waals surface area (Å²) in [6, 6.07) is 43.7. The molecule has 0 saturated carbocycles. The number of aliphatic hydroxyl groups excluding tert-OH is 2. The van der Waals surface area contributed by atoms with Crippen molar-refractivity contribution in [3.63, 3.8) is 0 Å². The summed E-state index contributed by atoms with van der Waals surface area (Å²) in [4.78, 5) is 0. The van der Waals surface area contributed by atoms with Crippen molar-refractivity contribution >= 4 is 0 Å². The van der Waals surface area contributed by atoms with E-state index < -0.39 is 17.6 Å². The van der Waals surface area contributed by atoms with Crippen LogP contribution in [0.1, 0.15) is 69.5 Å². The summed E-state index contributed by atoms with van der Waals surface area (Å²) in [7, 11) is 0. The van der Waals surface area contributed by atoms with Crippen molar-refractivity contribution < 1.29 is 19.7 Å². The molecule has 6 aromatic rings. The minimum Gasteiger partial charge on any atom is -0.490 e. The topological polar surface area (TPSA) is 58.9 Å². The number of rotatable bonds is 8. The lowest BCUT2D eigenvalue weighted by molar-refractivity contribution is 0.122. The molecule has 52 heavy (non-hydrogen) atoms. The molecule has 0 fully saturated rings. The van der Waals surface area contributed by atoms with Crippen LogP contribution in [0.5, 0.6) is 11.5 Å². The van der Waals surface area contributed by atoms with Gasteiger partial charge in [0.2, 0.25) is 0 Å². The van der Waals surface area contributed by atoms with Gasteiger partial charge in [-0.25, -0.2) is 0 Å². The summed E-state index contributed by atoms with van der Waals surface area (Å²) >= 11 is 0. The summed E-state index contributed by atoms with van der Waals surface area (Å²) in [5.74, 6) is 1.65. The third-order valence-corrected chi connectivity index (χ3v) is 10.4. The van der Waals surface area contributed by atoms with Crippen LogP contribution in [0, 0.1) is 27.7 Å². The van der Waals surface area contributed by atoms with Crippen LogP contribution in [0.15, 0.2) is 121 Å². The van der Waals surface area contributed by atoms with Gasteiger partial charge in [-0.3, -0.25) is 0 Å². The minimum absolute atomic E-state index is 0.254. The quantitative estimate of drug-likeness (QED) is 0.167. The number of aliphatic hydroxyl groups is 2. The van der Waals surface area contributed by atoms with Crippen LogP contribution in [0.25, 0.3) is 22.3 Å². The average Bonchev–Trinajstić information content (AvgIpc) is 3.65. The molecule has 0 radical (unpaired) electrons. The lowest BCUT2D eigenvalue weighted by Gasteiger charge is -2.35. The summed E-state index contributed by atoms with van der Waals surface area (Å²) in [6.45, 7) is 12.3. The van der Waals surface area contributed by atoms with E-state index in [0.717, 1.165) is 40.2 Å². The van der Waals surface area contributed by atoms with Gasteiger partial charge in [0.25, 0.3) is 0 Å². The first-order chi connectivity index (χ1) is 25.1. The molecule has 6 aromatic carbocycles. The van der Waals surface area contributed by atoms with Gasteiger partial charge in [0.05, 0.1) is 17.6 Å². The van der Waals surface area contributed by atoms with Crippen molar-refractivity contribution in [3.8, 4) is 33.8 Å². The van der Waals surface area contributed by atoms with Crippen LogP contribution in [0.2, 0.25) is 0 Å². The minimum atomic E-state index is -0.538. The fourth-order valence-corrected chi connectivity index (χ4v) is 8.30. The second-order valence-corrected chi connectivity index (χ2v) is 14.5.